The fraction of sp³-hybridized carbons (Fsp3) is 0. The lowest BCUT2D eigenvalue weighted by Gasteiger charge is -1.92. The standard InChI is InChI=1S/C5H4ClN3O/c6-9-5(10)4-3-7-1-2-8-4/h1-3H,(H,9,10). The van der Waals surface area contributed by atoms with Crippen LogP contribution in [0.25, 0.3) is 0 Å². The Morgan fingerprint density at radius 1 is 1.60 bits per heavy atom. The molecule has 0 atom stereocenters. The Morgan fingerprint density at radius 2 is 2.40 bits per heavy atom. The molecule has 1 aromatic heterocycles. The van der Waals surface area contributed by atoms with Crippen molar-refractivity contribution in [3.05, 3.63) is 24.3 Å². The van der Waals surface area contributed by atoms with E-state index in [4.69, 9.17) is 11.8 Å². The number of amides is 1. The first-order valence-corrected chi connectivity index (χ1v) is 2.89. The lowest BCUT2D eigenvalue weighted by Crippen LogP contribution is -2.13. The maximum absolute atomic E-state index is 10.7. The van der Waals surface area contributed by atoms with E-state index in [1.165, 1.54) is 18.6 Å². The van der Waals surface area contributed by atoms with Crippen molar-refractivity contribution in [2.45, 2.75) is 0 Å². The van der Waals surface area contributed by atoms with Crippen molar-refractivity contribution in [3.63, 3.8) is 0 Å². The van der Waals surface area contributed by atoms with Gasteiger partial charge in [-0.15, -0.1) is 0 Å². The van der Waals surface area contributed by atoms with Gasteiger partial charge in [0, 0.05) is 24.2 Å². The van der Waals surface area contributed by atoms with Crippen molar-refractivity contribution in [2.24, 2.45) is 0 Å². The molecule has 1 N–H and O–H groups in total. The van der Waals surface area contributed by atoms with E-state index in [-0.39, 0.29) is 5.69 Å². The molecule has 0 aliphatic carbocycles. The smallest absolute Gasteiger partial charge is 0.266 e. The highest BCUT2D eigenvalue weighted by atomic mass is 35.5. The zero-order chi connectivity index (χ0) is 7.40. The molecule has 0 radical (unpaired) electrons. The molecule has 0 fully saturated rings. The number of hydrogen-bond donors (Lipinski definition) is 1. The molecule has 1 rings (SSSR count). The van der Waals surface area contributed by atoms with Crippen LogP contribution in [0.5, 0.6) is 0 Å². The van der Waals surface area contributed by atoms with E-state index in [0.29, 0.717) is 0 Å². The highest BCUT2D eigenvalue weighted by Crippen LogP contribution is 1.88. The lowest BCUT2D eigenvalue weighted by atomic mass is 10.4. The van der Waals surface area contributed by atoms with Gasteiger partial charge in [0.25, 0.3) is 5.91 Å². The van der Waals surface area contributed by atoms with Gasteiger partial charge in [-0.1, -0.05) is 0 Å². The van der Waals surface area contributed by atoms with Crippen LogP contribution in [0.3, 0.4) is 0 Å². The minimum Gasteiger partial charge on any atom is -0.266 e. The first-order chi connectivity index (χ1) is 4.84. The summed E-state index contributed by atoms with van der Waals surface area (Å²) in [7, 11) is 0. The number of hydrogen-bond acceptors (Lipinski definition) is 3. The van der Waals surface area contributed by atoms with Gasteiger partial charge in [0.05, 0.1) is 6.20 Å². The molecule has 0 aromatic carbocycles. The predicted molar refractivity (Wildman–Crippen MR) is 35.4 cm³/mol. The molecule has 1 aromatic rings. The van der Waals surface area contributed by atoms with E-state index in [2.05, 4.69) is 9.97 Å². The quantitative estimate of drug-likeness (QED) is 0.599. The van der Waals surface area contributed by atoms with Crippen molar-refractivity contribution in [1.82, 2.24) is 14.8 Å². The van der Waals surface area contributed by atoms with Crippen molar-refractivity contribution in [2.75, 3.05) is 0 Å². The van der Waals surface area contributed by atoms with Crippen LogP contribution >= 0.6 is 11.8 Å². The van der Waals surface area contributed by atoms with E-state index in [0.717, 1.165) is 0 Å². The molecule has 52 valence electrons. The van der Waals surface area contributed by atoms with Crippen LogP contribution in [0.15, 0.2) is 18.6 Å². The maximum atomic E-state index is 10.7. The molecule has 0 spiro atoms. The van der Waals surface area contributed by atoms with Crippen molar-refractivity contribution in [1.29, 1.82) is 0 Å². The molecule has 0 saturated carbocycles. The van der Waals surface area contributed by atoms with Gasteiger partial charge in [-0.2, -0.15) is 0 Å². The molecule has 0 aliphatic rings. The summed E-state index contributed by atoms with van der Waals surface area (Å²) in [5, 5.41) is 0. The van der Waals surface area contributed by atoms with Crippen molar-refractivity contribution in [3.8, 4) is 0 Å². The summed E-state index contributed by atoms with van der Waals surface area (Å²) < 4.78 is 0. The third kappa shape index (κ3) is 1.41. The van der Waals surface area contributed by atoms with E-state index < -0.39 is 5.91 Å². The highest BCUT2D eigenvalue weighted by Gasteiger charge is 2.02. The third-order valence-electron chi connectivity index (χ3n) is 0.882. The minimum atomic E-state index is -0.449. The average molecular weight is 158 g/mol. The minimum absolute atomic E-state index is 0.206. The zero-order valence-electron chi connectivity index (χ0n) is 4.91. The first kappa shape index (κ1) is 6.95. The fourth-order valence-electron chi connectivity index (χ4n) is 0.465. The monoisotopic (exact) mass is 157 g/mol. The molecule has 0 saturated heterocycles. The predicted octanol–water partition coefficient (Wildman–Crippen LogP) is 0.360. The Bertz CT molecular complexity index is 226. The van der Waals surface area contributed by atoms with E-state index in [1.54, 1.807) is 0 Å². The van der Waals surface area contributed by atoms with E-state index >= 15 is 0 Å². The van der Waals surface area contributed by atoms with Gasteiger partial charge in [-0.25, -0.2) is 4.98 Å². The summed E-state index contributed by atoms with van der Waals surface area (Å²) in [5.41, 5.74) is 0.206. The number of nitrogens with zero attached hydrogens (tertiary/aromatic N) is 2. The van der Waals surface area contributed by atoms with Crippen LogP contribution in [0.4, 0.5) is 0 Å². The molecule has 10 heavy (non-hydrogen) atoms. The Morgan fingerprint density at radius 3 is 2.90 bits per heavy atom. The molecule has 0 bridgehead atoms. The average Bonchev–Trinajstić information content (AvgIpc) is 2.05. The van der Waals surface area contributed by atoms with Crippen LogP contribution < -0.4 is 4.84 Å². The topological polar surface area (TPSA) is 54.9 Å². The summed E-state index contributed by atoms with van der Waals surface area (Å²) in [4.78, 5) is 19.9. The second-order valence-electron chi connectivity index (χ2n) is 1.51. The molecular weight excluding hydrogens is 154 g/mol. The largest absolute Gasteiger partial charge is 0.285 e. The third-order valence-corrected chi connectivity index (χ3v) is 1.05. The van der Waals surface area contributed by atoms with E-state index in [1.807, 2.05) is 4.84 Å². The molecule has 5 heteroatoms. The van der Waals surface area contributed by atoms with Crippen molar-refractivity contribution >= 4 is 17.7 Å². The molecular formula is C5H4ClN3O. The Balaban J connectivity index is 2.85. The zero-order valence-corrected chi connectivity index (χ0v) is 5.67. The van der Waals surface area contributed by atoms with Crippen molar-refractivity contribution < 1.29 is 4.79 Å². The van der Waals surface area contributed by atoms with Crippen LogP contribution in [0, 0.1) is 0 Å². The number of carbonyl (C=O) groups is 1. The SMILES string of the molecule is O=C(NCl)c1cnccn1. The number of carbonyl (C=O) groups excluding carboxylic acids is 1. The van der Waals surface area contributed by atoms with Crippen LogP contribution in [0.1, 0.15) is 10.5 Å². The Kier molecular flexibility index (Phi) is 2.17. The van der Waals surface area contributed by atoms with Crippen LogP contribution in [0.2, 0.25) is 0 Å². The second-order valence-corrected chi connectivity index (χ2v) is 1.70. The second kappa shape index (κ2) is 3.12. The summed E-state index contributed by atoms with van der Waals surface area (Å²) in [6, 6.07) is 0. The number of rotatable bonds is 1. The number of aromatic nitrogens is 2. The summed E-state index contributed by atoms with van der Waals surface area (Å²) in [6.07, 6.45) is 4.23. The van der Waals surface area contributed by atoms with Gasteiger partial charge in [0.1, 0.15) is 5.69 Å². The molecule has 1 amide bonds. The van der Waals surface area contributed by atoms with Crippen LogP contribution in [-0.4, -0.2) is 15.9 Å². The fourth-order valence-corrected chi connectivity index (χ4v) is 0.562. The Labute approximate surface area is 62.4 Å². The van der Waals surface area contributed by atoms with Gasteiger partial charge in [0.15, 0.2) is 0 Å². The normalized spacial score (nSPS) is 8.90. The highest BCUT2D eigenvalue weighted by molar-refractivity contribution is 6.23. The molecule has 0 unspecified atom stereocenters. The Hall–Kier alpha value is -1.16. The lowest BCUT2D eigenvalue weighted by molar-refractivity contribution is 0.0976. The van der Waals surface area contributed by atoms with Gasteiger partial charge in [-0.3, -0.25) is 14.6 Å². The molecule has 1 heterocycles. The van der Waals surface area contributed by atoms with Gasteiger partial charge in [0.2, 0.25) is 0 Å². The van der Waals surface area contributed by atoms with Gasteiger partial charge in [-0.05, 0) is 0 Å². The summed E-state index contributed by atoms with van der Waals surface area (Å²) >= 11 is 5.02. The summed E-state index contributed by atoms with van der Waals surface area (Å²) in [5.74, 6) is -0.449. The first-order valence-electron chi connectivity index (χ1n) is 2.51. The molecule has 0 aliphatic heterocycles. The summed E-state index contributed by atoms with van der Waals surface area (Å²) in [6.45, 7) is 0. The van der Waals surface area contributed by atoms with Crippen LogP contribution in [-0.2, 0) is 0 Å². The van der Waals surface area contributed by atoms with Gasteiger partial charge >= 0.3 is 0 Å². The van der Waals surface area contributed by atoms with Gasteiger partial charge < -0.3 is 0 Å². The molecule has 4 nitrogen and oxygen atoms in total. The van der Waals surface area contributed by atoms with E-state index in [9.17, 15) is 4.79 Å². The number of nitrogens with one attached hydrogen (secondary N) is 1. The maximum Gasteiger partial charge on any atom is 0.285 e. The number of halogens is 1.